The summed E-state index contributed by atoms with van der Waals surface area (Å²) in [5.41, 5.74) is 0.871. The highest BCUT2D eigenvalue weighted by molar-refractivity contribution is 8.00. The second-order valence-electron chi connectivity index (χ2n) is 5.79. The van der Waals surface area contributed by atoms with Gasteiger partial charge in [-0.25, -0.2) is 4.39 Å². The van der Waals surface area contributed by atoms with Crippen molar-refractivity contribution in [2.75, 3.05) is 19.0 Å². The van der Waals surface area contributed by atoms with Crippen LogP contribution >= 0.6 is 11.8 Å². The highest BCUT2D eigenvalue weighted by Crippen LogP contribution is 2.33. The van der Waals surface area contributed by atoms with Crippen molar-refractivity contribution in [1.29, 1.82) is 0 Å². The Morgan fingerprint density at radius 2 is 1.88 bits per heavy atom. The Kier molecular flexibility index (Phi) is 5.81. The molecule has 2 aromatic carbocycles. The molecule has 1 aliphatic heterocycles. The number of carbonyl (C=O) groups excluding carboxylic acids is 1. The predicted octanol–water partition coefficient (Wildman–Crippen LogP) is 3.96. The molecule has 0 bridgehead atoms. The third-order valence-electron chi connectivity index (χ3n) is 3.84. The number of halogens is 1. The number of hydrogen-bond acceptors (Lipinski definition) is 4. The molecule has 6 heteroatoms. The smallest absolute Gasteiger partial charge is 0.230 e. The molecular formula is C19H20FNO3S. The van der Waals surface area contributed by atoms with Crippen LogP contribution in [0.3, 0.4) is 0 Å². The molecular weight excluding hydrogens is 341 g/mol. The van der Waals surface area contributed by atoms with E-state index in [9.17, 15) is 9.18 Å². The molecule has 0 fully saturated rings. The molecule has 1 atom stereocenters. The van der Waals surface area contributed by atoms with Gasteiger partial charge in [0.2, 0.25) is 5.91 Å². The van der Waals surface area contributed by atoms with E-state index in [0.717, 1.165) is 28.4 Å². The number of hydrogen-bond donors (Lipinski definition) is 1. The zero-order chi connectivity index (χ0) is 17.6. The summed E-state index contributed by atoms with van der Waals surface area (Å²) in [5.74, 6) is 1.41. The monoisotopic (exact) mass is 361 g/mol. The van der Waals surface area contributed by atoms with Crippen molar-refractivity contribution in [2.24, 2.45) is 0 Å². The van der Waals surface area contributed by atoms with Crippen LogP contribution in [0.15, 0.2) is 47.4 Å². The van der Waals surface area contributed by atoms with Gasteiger partial charge in [0.15, 0.2) is 11.5 Å². The molecule has 4 nitrogen and oxygen atoms in total. The third kappa shape index (κ3) is 4.89. The van der Waals surface area contributed by atoms with Crippen LogP contribution in [0.25, 0.3) is 0 Å². The topological polar surface area (TPSA) is 47.6 Å². The van der Waals surface area contributed by atoms with Crippen LogP contribution in [-0.2, 0) is 4.79 Å². The summed E-state index contributed by atoms with van der Waals surface area (Å²) in [5, 5.41) is 2.92. The van der Waals surface area contributed by atoms with Gasteiger partial charge in [-0.05, 0) is 42.8 Å². The minimum Gasteiger partial charge on any atom is -0.490 e. The fourth-order valence-electron chi connectivity index (χ4n) is 2.50. The maximum atomic E-state index is 13.0. The number of benzene rings is 2. The molecule has 0 saturated heterocycles. The quantitative estimate of drug-likeness (QED) is 0.819. The maximum absolute atomic E-state index is 13.0. The third-order valence-corrected chi connectivity index (χ3v) is 4.83. The second-order valence-corrected chi connectivity index (χ2v) is 6.84. The van der Waals surface area contributed by atoms with E-state index in [1.54, 1.807) is 12.1 Å². The molecule has 1 heterocycles. The van der Waals surface area contributed by atoms with Gasteiger partial charge in [0.1, 0.15) is 5.82 Å². The summed E-state index contributed by atoms with van der Waals surface area (Å²) < 4.78 is 24.2. The number of carbonyl (C=O) groups is 1. The minimum atomic E-state index is -0.285. The lowest BCUT2D eigenvalue weighted by Gasteiger charge is -2.14. The molecule has 0 spiro atoms. The van der Waals surface area contributed by atoms with Gasteiger partial charge in [-0.15, -0.1) is 11.8 Å². The van der Waals surface area contributed by atoms with Gasteiger partial charge in [0.05, 0.1) is 25.0 Å². The van der Waals surface area contributed by atoms with Crippen LogP contribution in [0.2, 0.25) is 0 Å². The molecule has 3 rings (SSSR count). The summed E-state index contributed by atoms with van der Waals surface area (Å²) >= 11 is 1.44. The Morgan fingerprint density at radius 3 is 2.64 bits per heavy atom. The highest BCUT2D eigenvalue weighted by Gasteiger charge is 2.13. The molecule has 1 unspecified atom stereocenters. The van der Waals surface area contributed by atoms with Crippen LogP contribution in [0, 0.1) is 5.82 Å². The molecule has 25 heavy (non-hydrogen) atoms. The van der Waals surface area contributed by atoms with E-state index in [-0.39, 0.29) is 17.8 Å². The van der Waals surface area contributed by atoms with Gasteiger partial charge in [-0.1, -0.05) is 12.1 Å². The van der Waals surface area contributed by atoms with E-state index in [1.165, 1.54) is 23.9 Å². The van der Waals surface area contributed by atoms with Crippen LogP contribution in [0.1, 0.15) is 24.9 Å². The van der Waals surface area contributed by atoms with Crippen molar-refractivity contribution < 1.29 is 18.7 Å². The number of nitrogens with one attached hydrogen (secondary N) is 1. The van der Waals surface area contributed by atoms with Gasteiger partial charge in [-0.2, -0.15) is 0 Å². The zero-order valence-electron chi connectivity index (χ0n) is 14.0. The van der Waals surface area contributed by atoms with E-state index in [2.05, 4.69) is 5.32 Å². The summed E-state index contributed by atoms with van der Waals surface area (Å²) in [7, 11) is 0. The fraction of sp³-hybridized carbons (Fsp3) is 0.316. The van der Waals surface area contributed by atoms with E-state index in [4.69, 9.17) is 9.47 Å². The molecule has 0 radical (unpaired) electrons. The lowest BCUT2D eigenvalue weighted by Crippen LogP contribution is -2.28. The highest BCUT2D eigenvalue weighted by atomic mass is 32.2. The van der Waals surface area contributed by atoms with Crippen molar-refractivity contribution in [1.82, 2.24) is 5.32 Å². The average Bonchev–Trinajstić information content (AvgIpc) is 2.85. The Bertz CT molecular complexity index is 736. The first-order valence-electron chi connectivity index (χ1n) is 8.19. The first-order valence-corrected chi connectivity index (χ1v) is 9.17. The van der Waals surface area contributed by atoms with Crippen LogP contribution < -0.4 is 14.8 Å². The van der Waals surface area contributed by atoms with Crippen molar-refractivity contribution in [3.05, 3.63) is 53.8 Å². The van der Waals surface area contributed by atoms with Crippen molar-refractivity contribution in [2.45, 2.75) is 24.3 Å². The molecule has 1 amide bonds. The Balaban J connectivity index is 1.53. The van der Waals surface area contributed by atoms with Gasteiger partial charge >= 0.3 is 0 Å². The van der Waals surface area contributed by atoms with Crippen LogP contribution in [0.5, 0.6) is 11.5 Å². The Labute approximate surface area is 150 Å². The van der Waals surface area contributed by atoms with Crippen molar-refractivity contribution in [3.8, 4) is 11.5 Å². The average molecular weight is 361 g/mol. The number of ether oxygens (including phenoxy) is 2. The Hall–Kier alpha value is -2.21. The Morgan fingerprint density at radius 1 is 1.16 bits per heavy atom. The van der Waals surface area contributed by atoms with Gasteiger partial charge in [0, 0.05) is 11.3 Å². The van der Waals surface area contributed by atoms with E-state index in [1.807, 2.05) is 25.1 Å². The summed E-state index contributed by atoms with van der Waals surface area (Å²) in [6.07, 6.45) is 0.862. The first kappa shape index (κ1) is 17.6. The number of rotatable bonds is 5. The molecule has 0 aliphatic carbocycles. The number of thioether (sulfide) groups is 1. The number of fused-ring (bicyclic) bond motifs is 1. The van der Waals surface area contributed by atoms with Crippen LogP contribution in [0.4, 0.5) is 4.39 Å². The molecule has 2 aromatic rings. The summed E-state index contributed by atoms with van der Waals surface area (Å²) in [6, 6.07) is 11.7. The van der Waals surface area contributed by atoms with Gasteiger partial charge in [0.25, 0.3) is 0 Å². The minimum absolute atomic E-state index is 0.0751. The molecule has 1 N–H and O–H groups in total. The molecule has 0 saturated carbocycles. The molecule has 1 aliphatic rings. The lowest BCUT2D eigenvalue weighted by atomic mass is 10.1. The van der Waals surface area contributed by atoms with E-state index >= 15 is 0 Å². The fourth-order valence-corrected chi connectivity index (χ4v) is 3.24. The largest absolute Gasteiger partial charge is 0.490 e. The number of amides is 1. The van der Waals surface area contributed by atoms with E-state index in [0.29, 0.717) is 19.0 Å². The maximum Gasteiger partial charge on any atom is 0.230 e. The van der Waals surface area contributed by atoms with Gasteiger partial charge < -0.3 is 14.8 Å². The normalized spacial score (nSPS) is 14.5. The zero-order valence-corrected chi connectivity index (χ0v) is 14.8. The second kappa shape index (κ2) is 8.25. The van der Waals surface area contributed by atoms with Crippen molar-refractivity contribution >= 4 is 17.7 Å². The molecule has 0 aromatic heterocycles. The van der Waals surface area contributed by atoms with Crippen LogP contribution in [-0.4, -0.2) is 24.9 Å². The summed E-state index contributed by atoms with van der Waals surface area (Å²) in [4.78, 5) is 13.1. The van der Waals surface area contributed by atoms with Gasteiger partial charge in [-0.3, -0.25) is 4.79 Å². The first-order chi connectivity index (χ1) is 12.1. The lowest BCUT2D eigenvalue weighted by molar-refractivity contribution is -0.119. The van der Waals surface area contributed by atoms with Crippen molar-refractivity contribution in [3.63, 3.8) is 0 Å². The summed E-state index contributed by atoms with van der Waals surface area (Å²) in [6.45, 7) is 3.17. The molecule has 132 valence electrons. The standard InChI is InChI=1S/C19H20FNO3S/c1-13(14-3-5-15(20)6-4-14)21-19(22)12-25-16-7-8-17-18(11-16)24-10-2-9-23-17/h3-8,11,13H,2,9-10,12H2,1H3,(H,21,22). The SMILES string of the molecule is CC(NC(=O)CSc1ccc2c(c1)OCCCO2)c1ccc(F)cc1. The predicted molar refractivity (Wildman–Crippen MR) is 95.7 cm³/mol. The van der Waals surface area contributed by atoms with E-state index < -0.39 is 0 Å².